The maximum atomic E-state index is 5.33. The number of rotatable bonds is 13. The topological polar surface area (TPSA) is 39.7 Å². The van der Waals surface area contributed by atoms with Crippen LogP contribution in [0.1, 0.15) is 25.7 Å². The van der Waals surface area contributed by atoms with Gasteiger partial charge in [-0.3, -0.25) is 0 Å². The first kappa shape index (κ1) is 15.8. The van der Waals surface area contributed by atoms with Crippen LogP contribution in [0.2, 0.25) is 0 Å². The Morgan fingerprint density at radius 2 is 1.44 bits per heavy atom. The van der Waals surface area contributed by atoms with Crippen molar-refractivity contribution in [1.29, 1.82) is 0 Å². The zero-order chi connectivity index (χ0) is 11.9. The van der Waals surface area contributed by atoms with Gasteiger partial charge in [-0.1, -0.05) is 12.8 Å². The predicted octanol–water partition coefficient (Wildman–Crippen LogP) is 1.45. The molecule has 0 amide bonds. The van der Waals surface area contributed by atoms with E-state index >= 15 is 0 Å². The first-order valence-corrected chi connectivity index (χ1v) is 6.18. The molecule has 0 spiro atoms. The largest absolute Gasteiger partial charge is 0.385 e. The summed E-state index contributed by atoms with van der Waals surface area (Å²) in [5.41, 5.74) is 0. The normalized spacial score (nSPS) is 10.9. The van der Waals surface area contributed by atoms with Gasteiger partial charge in [0.05, 0.1) is 19.8 Å². The molecule has 0 aromatic heterocycles. The van der Waals surface area contributed by atoms with Crippen LogP contribution in [0.3, 0.4) is 0 Å². The van der Waals surface area contributed by atoms with Gasteiger partial charge < -0.3 is 19.5 Å². The van der Waals surface area contributed by atoms with Crippen LogP contribution in [0, 0.1) is 0 Å². The van der Waals surface area contributed by atoms with Gasteiger partial charge in [-0.15, -0.1) is 0 Å². The van der Waals surface area contributed by atoms with Gasteiger partial charge in [0, 0.05) is 27.4 Å². The molecule has 0 heterocycles. The number of unbranched alkanes of at least 4 members (excludes halogenated alkanes) is 3. The maximum absolute atomic E-state index is 5.33. The molecular weight excluding hydrogens is 206 g/mol. The van der Waals surface area contributed by atoms with E-state index in [9.17, 15) is 0 Å². The predicted molar refractivity (Wildman–Crippen MR) is 65.9 cm³/mol. The molecule has 0 bridgehead atoms. The van der Waals surface area contributed by atoms with Crippen molar-refractivity contribution in [2.24, 2.45) is 0 Å². The highest BCUT2D eigenvalue weighted by molar-refractivity contribution is 4.48. The van der Waals surface area contributed by atoms with Crippen molar-refractivity contribution in [2.45, 2.75) is 25.7 Å². The molecule has 0 radical (unpaired) electrons. The van der Waals surface area contributed by atoms with Crippen LogP contribution in [0.25, 0.3) is 0 Å². The van der Waals surface area contributed by atoms with Crippen LogP contribution in [0.15, 0.2) is 0 Å². The Hall–Kier alpha value is -0.160. The Labute approximate surface area is 99.6 Å². The molecule has 0 aromatic rings. The third-order valence-corrected chi connectivity index (χ3v) is 2.31. The van der Waals surface area contributed by atoms with E-state index in [-0.39, 0.29) is 0 Å². The SMILES string of the molecule is COCCCCCCNCCOCCOC. The van der Waals surface area contributed by atoms with E-state index in [4.69, 9.17) is 14.2 Å². The summed E-state index contributed by atoms with van der Waals surface area (Å²) in [5.74, 6) is 0. The quantitative estimate of drug-likeness (QED) is 0.489. The summed E-state index contributed by atoms with van der Waals surface area (Å²) in [6.07, 6.45) is 4.96. The van der Waals surface area contributed by atoms with Crippen LogP contribution >= 0.6 is 0 Å². The standard InChI is InChI=1S/C12H27NO3/c1-14-9-6-4-3-5-7-13-8-10-16-12-11-15-2/h13H,3-12H2,1-2H3. The Balaban J connectivity index is 2.83. The number of nitrogens with one attached hydrogen (secondary N) is 1. The zero-order valence-electron chi connectivity index (χ0n) is 10.8. The third kappa shape index (κ3) is 13.8. The molecular formula is C12H27NO3. The zero-order valence-corrected chi connectivity index (χ0v) is 10.8. The number of methoxy groups -OCH3 is 2. The lowest BCUT2D eigenvalue weighted by Crippen LogP contribution is -2.21. The van der Waals surface area contributed by atoms with Gasteiger partial charge >= 0.3 is 0 Å². The van der Waals surface area contributed by atoms with E-state index in [1.165, 1.54) is 25.7 Å². The van der Waals surface area contributed by atoms with E-state index in [0.29, 0.717) is 13.2 Å². The number of hydrogen-bond acceptors (Lipinski definition) is 4. The second-order valence-electron chi connectivity index (χ2n) is 3.76. The van der Waals surface area contributed by atoms with E-state index in [0.717, 1.165) is 26.3 Å². The molecule has 0 atom stereocenters. The van der Waals surface area contributed by atoms with Gasteiger partial charge in [0.15, 0.2) is 0 Å². The van der Waals surface area contributed by atoms with Crippen molar-refractivity contribution in [2.75, 3.05) is 53.7 Å². The van der Waals surface area contributed by atoms with E-state index < -0.39 is 0 Å². The second kappa shape index (κ2) is 14.8. The lowest BCUT2D eigenvalue weighted by atomic mass is 10.2. The first-order valence-electron chi connectivity index (χ1n) is 6.18. The van der Waals surface area contributed by atoms with Crippen molar-refractivity contribution in [3.05, 3.63) is 0 Å². The van der Waals surface area contributed by atoms with Gasteiger partial charge in [-0.2, -0.15) is 0 Å². The molecule has 0 saturated carbocycles. The summed E-state index contributed by atoms with van der Waals surface area (Å²) in [6, 6.07) is 0. The average molecular weight is 233 g/mol. The summed E-state index contributed by atoms with van der Waals surface area (Å²) in [7, 11) is 3.44. The molecule has 4 nitrogen and oxygen atoms in total. The lowest BCUT2D eigenvalue weighted by molar-refractivity contribution is 0.0720. The van der Waals surface area contributed by atoms with Crippen molar-refractivity contribution in [3.63, 3.8) is 0 Å². The third-order valence-electron chi connectivity index (χ3n) is 2.31. The van der Waals surface area contributed by atoms with Gasteiger partial charge in [-0.25, -0.2) is 0 Å². The summed E-state index contributed by atoms with van der Waals surface area (Å²) < 4.78 is 15.2. The van der Waals surface area contributed by atoms with Gasteiger partial charge in [-0.05, 0) is 19.4 Å². The molecule has 0 fully saturated rings. The molecule has 4 heteroatoms. The minimum absolute atomic E-state index is 0.680. The highest BCUT2D eigenvalue weighted by atomic mass is 16.5. The monoisotopic (exact) mass is 233 g/mol. The summed E-state index contributed by atoms with van der Waals surface area (Å²) in [6.45, 7) is 5.05. The van der Waals surface area contributed by atoms with Crippen LogP contribution in [0.5, 0.6) is 0 Å². The van der Waals surface area contributed by atoms with E-state index in [1.54, 1.807) is 14.2 Å². The molecule has 1 N–H and O–H groups in total. The fourth-order valence-corrected chi connectivity index (χ4v) is 1.36. The molecule has 0 unspecified atom stereocenters. The summed E-state index contributed by atoms with van der Waals surface area (Å²) in [4.78, 5) is 0. The minimum atomic E-state index is 0.680. The molecule has 0 aromatic carbocycles. The Bertz CT molecular complexity index is 109. The molecule has 0 saturated heterocycles. The van der Waals surface area contributed by atoms with Crippen LogP contribution in [0.4, 0.5) is 0 Å². The highest BCUT2D eigenvalue weighted by Gasteiger charge is 1.91. The highest BCUT2D eigenvalue weighted by Crippen LogP contribution is 1.98. The fourth-order valence-electron chi connectivity index (χ4n) is 1.36. The van der Waals surface area contributed by atoms with Crippen molar-refractivity contribution >= 4 is 0 Å². The number of hydrogen-bond donors (Lipinski definition) is 1. The summed E-state index contributed by atoms with van der Waals surface area (Å²) in [5, 5.41) is 3.36. The lowest BCUT2D eigenvalue weighted by Gasteiger charge is -2.05. The van der Waals surface area contributed by atoms with Gasteiger partial charge in [0.2, 0.25) is 0 Å². The van der Waals surface area contributed by atoms with Crippen molar-refractivity contribution in [1.82, 2.24) is 5.32 Å². The molecule has 0 aliphatic rings. The molecule has 0 rings (SSSR count). The summed E-state index contributed by atoms with van der Waals surface area (Å²) >= 11 is 0. The Morgan fingerprint density at radius 1 is 0.688 bits per heavy atom. The van der Waals surface area contributed by atoms with E-state index in [2.05, 4.69) is 5.32 Å². The van der Waals surface area contributed by atoms with Crippen LogP contribution < -0.4 is 5.32 Å². The number of ether oxygens (including phenoxy) is 3. The smallest absolute Gasteiger partial charge is 0.0700 e. The second-order valence-corrected chi connectivity index (χ2v) is 3.76. The van der Waals surface area contributed by atoms with Crippen molar-refractivity contribution in [3.8, 4) is 0 Å². The minimum Gasteiger partial charge on any atom is -0.385 e. The molecule has 0 aliphatic heterocycles. The molecule has 98 valence electrons. The van der Waals surface area contributed by atoms with Crippen LogP contribution in [-0.4, -0.2) is 53.7 Å². The molecule has 0 aliphatic carbocycles. The van der Waals surface area contributed by atoms with Crippen LogP contribution in [-0.2, 0) is 14.2 Å². The average Bonchev–Trinajstić information content (AvgIpc) is 2.31. The van der Waals surface area contributed by atoms with Crippen molar-refractivity contribution < 1.29 is 14.2 Å². The Morgan fingerprint density at radius 3 is 2.19 bits per heavy atom. The first-order chi connectivity index (χ1) is 7.91. The molecule has 16 heavy (non-hydrogen) atoms. The maximum Gasteiger partial charge on any atom is 0.0700 e. The van der Waals surface area contributed by atoms with Gasteiger partial charge in [0.1, 0.15) is 0 Å². The van der Waals surface area contributed by atoms with E-state index in [1.807, 2.05) is 0 Å². The fraction of sp³-hybridized carbons (Fsp3) is 1.00. The Kier molecular flexibility index (Phi) is 14.7. The van der Waals surface area contributed by atoms with Gasteiger partial charge in [0.25, 0.3) is 0 Å².